The highest BCUT2D eigenvalue weighted by Gasteiger charge is 1.98. The molecule has 20 heavy (non-hydrogen) atoms. The summed E-state index contributed by atoms with van der Waals surface area (Å²) in [5.41, 5.74) is 2.34. The molecule has 0 saturated heterocycles. The van der Waals surface area contributed by atoms with Crippen LogP contribution >= 0.6 is 11.3 Å². The van der Waals surface area contributed by atoms with Crippen LogP contribution in [-0.4, -0.2) is 24.0 Å². The van der Waals surface area contributed by atoms with Gasteiger partial charge in [0.05, 0.1) is 6.54 Å². The number of hydrogen-bond donors (Lipinski definition) is 2. The summed E-state index contributed by atoms with van der Waals surface area (Å²) in [5, 5.41) is 10.8. The molecule has 0 atom stereocenters. The van der Waals surface area contributed by atoms with E-state index in [1.54, 1.807) is 11.3 Å². The summed E-state index contributed by atoms with van der Waals surface area (Å²) in [6.07, 6.45) is 2.72. The van der Waals surface area contributed by atoms with Gasteiger partial charge < -0.3 is 10.6 Å². The van der Waals surface area contributed by atoms with Crippen molar-refractivity contribution in [3.8, 4) is 0 Å². The predicted molar refractivity (Wildman–Crippen MR) is 85.1 cm³/mol. The molecule has 0 amide bonds. The van der Waals surface area contributed by atoms with Crippen molar-refractivity contribution in [2.45, 2.75) is 19.9 Å². The molecule has 0 aliphatic carbocycles. The van der Waals surface area contributed by atoms with Crippen molar-refractivity contribution >= 4 is 17.3 Å². The fourth-order valence-electron chi connectivity index (χ4n) is 1.75. The Bertz CT molecular complexity index is 508. The van der Waals surface area contributed by atoms with Gasteiger partial charge in [0.1, 0.15) is 0 Å². The average molecular weight is 288 g/mol. The second kappa shape index (κ2) is 8.32. The van der Waals surface area contributed by atoms with Gasteiger partial charge in [-0.15, -0.1) is 0 Å². The number of aliphatic imine (C=N–C) groups is 1. The summed E-state index contributed by atoms with van der Waals surface area (Å²) < 4.78 is 0. The Morgan fingerprint density at radius 2 is 2.25 bits per heavy atom. The van der Waals surface area contributed by atoms with Crippen molar-refractivity contribution in [3.63, 3.8) is 0 Å². The predicted octanol–water partition coefficient (Wildman–Crippen LogP) is 2.44. The van der Waals surface area contributed by atoms with Crippen LogP contribution in [0.4, 0.5) is 0 Å². The van der Waals surface area contributed by atoms with E-state index in [1.165, 1.54) is 5.56 Å². The lowest BCUT2D eigenvalue weighted by Crippen LogP contribution is -2.38. The highest BCUT2D eigenvalue weighted by Crippen LogP contribution is 2.06. The van der Waals surface area contributed by atoms with Crippen LogP contribution in [0.15, 0.2) is 46.2 Å². The molecule has 0 unspecified atom stereocenters. The minimum atomic E-state index is 0.711. The third kappa shape index (κ3) is 5.01. The van der Waals surface area contributed by atoms with Crippen LogP contribution in [0.1, 0.15) is 18.2 Å². The van der Waals surface area contributed by atoms with E-state index in [-0.39, 0.29) is 0 Å². The largest absolute Gasteiger partial charge is 0.357 e. The lowest BCUT2D eigenvalue weighted by atomic mass is 10.3. The number of nitrogens with one attached hydrogen (secondary N) is 2. The van der Waals surface area contributed by atoms with Gasteiger partial charge in [-0.1, -0.05) is 6.07 Å². The van der Waals surface area contributed by atoms with Gasteiger partial charge >= 0.3 is 0 Å². The minimum absolute atomic E-state index is 0.711. The maximum Gasteiger partial charge on any atom is 0.191 e. The summed E-state index contributed by atoms with van der Waals surface area (Å²) in [6, 6.07) is 8.09. The fourth-order valence-corrected chi connectivity index (χ4v) is 2.41. The van der Waals surface area contributed by atoms with Crippen molar-refractivity contribution in [1.29, 1.82) is 0 Å². The summed E-state index contributed by atoms with van der Waals surface area (Å²) >= 11 is 1.70. The molecule has 0 aliphatic heterocycles. The van der Waals surface area contributed by atoms with Crippen molar-refractivity contribution in [2.24, 2.45) is 4.99 Å². The quantitative estimate of drug-likeness (QED) is 0.634. The number of thiophene rings is 1. The van der Waals surface area contributed by atoms with E-state index in [9.17, 15) is 0 Å². The smallest absolute Gasteiger partial charge is 0.191 e. The zero-order valence-electron chi connectivity index (χ0n) is 11.7. The number of nitrogens with zero attached hydrogens (tertiary/aromatic N) is 2. The summed E-state index contributed by atoms with van der Waals surface area (Å²) in [4.78, 5) is 8.88. The van der Waals surface area contributed by atoms with E-state index in [2.05, 4.69) is 44.4 Å². The zero-order valence-corrected chi connectivity index (χ0v) is 12.5. The fraction of sp³-hybridized carbons (Fsp3) is 0.333. The molecule has 2 heterocycles. The Balaban J connectivity index is 1.81. The van der Waals surface area contributed by atoms with Crippen LogP contribution in [0.5, 0.6) is 0 Å². The van der Waals surface area contributed by atoms with Gasteiger partial charge in [-0.3, -0.25) is 4.98 Å². The highest BCUT2D eigenvalue weighted by molar-refractivity contribution is 7.07. The van der Waals surface area contributed by atoms with Crippen LogP contribution in [-0.2, 0) is 13.0 Å². The minimum Gasteiger partial charge on any atom is -0.357 e. The molecule has 0 aliphatic rings. The summed E-state index contributed by atoms with van der Waals surface area (Å²) in [7, 11) is 0. The van der Waals surface area contributed by atoms with Crippen molar-refractivity contribution < 1.29 is 0 Å². The first kappa shape index (κ1) is 14.5. The van der Waals surface area contributed by atoms with Gasteiger partial charge in [-0.05, 0) is 41.4 Å². The molecular formula is C15H20N4S. The summed E-state index contributed by atoms with van der Waals surface area (Å²) in [5.74, 6) is 0.856. The second-order valence-electron chi connectivity index (χ2n) is 4.32. The SMILES string of the molecule is CCNC(=NCc1ccsc1)NCCc1ccccn1. The highest BCUT2D eigenvalue weighted by atomic mass is 32.1. The lowest BCUT2D eigenvalue weighted by molar-refractivity contribution is 0.788. The van der Waals surface area contributed by atoms with E-state index >= 15 is 0 Å². The van der Waals surface area contributed by atoms with Gasteiger partial charge in [0.2, 0.25) is 0 Å². The lowest BCUT2D eigenvalue weighted by Gasteiger charge is -2.10. The Hall–Kier alpha value is -1.88. The maximum atomic E-state index is 4.57. The van der Waals surface area contributed by atoms with Gasteiger partial charge in [-0.2, -0.15) is 11.3 Å². The van der Waals surface area contributed by atoms with Crippen LogP contribution in [0, 0.1) is 0 Å². The third-order valence-corrected chi connectivity index (χ3v) is 3.48. The van der Waals surface area contributed by atoms with Crippen LogP contribution < -0.4 is 10.6 Å². The molecule has 106 valence electrons. The number of hydrogen-bond acceptors (Lipinski definition) is 3. The molecule has 2 aromatic heterocycles. The molecule has 2 rings (SSSR count). The number of aromatic nitrogens is 1. The number of guanidine groups is 1. The Morgan fingerprint density at radius 1 is 1.30 bits per heavy atom. The van der Waals surface area contributed by atoms with Crippen molar-refractivity contribution in [2.75, 3.05) is 13.1 Å². The van der Waals surface area contributed by atoms with E-state index in [0.29, 0.717) is 6.54 Å². The maximum absolute atomic E-state index is 4.57. The zero-order chi connectivity index (χ0) is 14.0. The average Bonchev–Trinajstić information content (AvgIpc) is 2.99. The molecule has 2 N–H and O–H groups in total. The van der Waals surface area contributed by atoms with E-state index in [0.717, 1.165) is 31.2 Å². The topological polar surface area (TPSA) is 49.3 Å². The molecule has 0 bridgehead atoms. The first-order valence-electron chi connectivity index (χ1n) is 6.81. The Morgan fingerprint density at radius 3 is 2.95 bits per heavy atom. The number of rotatable bonds is 6. The molecule has 0 fully saturated rings. The van der Waals surface area contributed by atoms with Crippen LogP contribution in [0.2, 0.25) is 0 Å². The molecule has 0 saturated carbocycles. The third-order valence-electron chi connectivity index (χ3n) is 2.74. The van der Waals surface area contributed by atoms with Gasteiger partial charge in [0.15, 0.2) is 5.96 Å². The summed E-state index contributed by atoms with van der Waals surface area (Å²) in [6.45, 7) is 4.47. The number of pyridine rings is 1. The molecule has 5 heteroatoms. The van der Waals surface area contributed by atoms with Crippen molar-refractivity contribution in [1.82, 2.24) is 15.6 Å². The Labute approximate surface area is 124 Å². The Kier molecular flexibility index (Phi) is 6.05. The molecule has 0 aromatic carbocycles. The van der Waals surface area contributed by atoms with Crippen LogP contribution in [0.25, 0.3) is 0 Å². The van der Waals surface area contributed by atoms with Gasteiger partial charge in [0, 0.05) is 31.4 Å². The molecule has 2 aromatic rings. The van der Waals surface area contributed by atoms with E-state index in [4.69, 9.17) is 0 Å². The van der Waals surface area contributed by atoms with Gasteiger partial charge in [0.25, 0.3) is 0 Å². The second-order valence-corrected chi connectivity index (χ2v) is 5.10. The molecule has 4 nitrogen and oxygen atoms in total. The van der Waals surface area contributed by atoms with E-state index in [1.807, 2.05) is 24.4 Å². The monoisotopic (exact) mass is 288 g/mol. The molecular weight excluding hydrogens is 268 g/mol. The standard InChI is InChI=1S/C15H20N4S/c1-2-16-15(19-11-13-7-10-20-12-13)18-9-6-14-5-3-4-8-17-14/h3-5,7-8,10,12H,2,6,9,11H2,1H3,(H2,16,18,19). The molecule has 0 radical (unpaired) electrons. The van der Waals surface area contributed by atoms with Crippen molar-refractivity contribution in [3.05, 3.63) is 52.5 Å². The van der Waals surface area contributed by atoms with Crippen LogP contribution in [0.3, 0.4) is 0 Å². The van der Waals surface area contributed by atoms with Gasteiger partial charge in [-0.25, -0.2) is 4.99 Å². The van der Waals surface area contributed by atoms with E-state index < -0.39 is 0 Å². The normalized spacial score (nSPS) is 11.3. The first-order valence-corrected chi connectivity index (χ1v) is 7.76. The molecule has 0 spiro atoms. The first-order chi connectivity index (χ1) is 9.88.